The van der Waals surface area contributed by atoms with E-state index in [0.717, 1.165) is 0 Å². The summed E-state index contributed by atoms with van der Waals surface area (Å²) >= 11 is 12.7. The van der Waals surface area contributed by atoms with Crippen molar-refractivity contribution in [3.05, 3.63) is 69.0 Å². The van der Waals surface area contributed by atoms with E-state index in [9.17, 15) is 14.4 Å². The highest BCUT2D eigenvalue weighted by Gasteiger charge is 2.27. The van der Waals surface area contributed by atoms with Crippen LogP contribution in [0.5, 0.6) is 5.75 Å². The van der Waals surface area contributed by atoms with Crippen LogP contribution in [0.15, 0.2) is 41.3 Å². The summed E-state index contributed by atoms with van der Waals surface area (Å²) in [4.78, 5) is 48.9. The highest BCUT2D eigenvalue weighted by Crippen LogP contribution is 2.40. The van der Waals surface area contributed by atoms with E-state index in [0.29, 0.717) is 22.3 Å². The third kappa shape index (κ3) is 7.77. The number of hydrogen-bond acceptors (Lipinski definition) is 8. The van der Waals surface area contributed by atoms with Crippen LogP contribution in [-0.4, -0.2) is 58.2 Å². The molecule has 1 aromatic carbocycles. The molecule has 14 heteroatoms. The van der Waals surface area contributed by atoms with Crippen molar-refractivity contribution in [2.24, 2.45) is 0 Å². The number of anilines is 2. The summed E-state index contributed by atoms with van der Waals surface area (Å²) in [7, 11) is 1.40. The van der Waals surface area contributed by atoms with Crippen molar-refractivity contribution in [1.29, 1.82) is 0 Å². The molecule has 2 amide bonds. The van der Waals surface area contributed by atoms with Gasteiger partial charge < -0.3 is 25.4 Å². The van der Waals surface area contributed by atoms with Gasteiger partial charge in [-0.25, -0.2) is 14.2 Å². The predicted molar refractivity (Wildman–Crippen MR) is 183 cm³/mol. The number of rotatable bonds is 10. The number of pyridine rings is 3. The Bertz CT molecular complexity index is 1890. The number of hydrogen-bond donors (Lipinski definition) is 3. The number of aryl methyl sites for hydroxylation is 1. The number of fused-ring (bicyclic) bond motifs is 1. The van der Waals surface area contributed by atoms with Crippen LogP contribution in [-0.2, 0) is 9.53 Å². The SMILES string of the molecule is COc1cccc(F)c1-c1nc2c(cc1Cl)c(NCCNC(=O)OC(C)(C)C)c(NC(=O)CCl)c(=O)n2-c1c(C)ccnc1C(C)C. The number of halogens is 3. The van der Waals surface area contributed by atoms with Crippen molar-refractivity contribution in [1.82, 2.24) is 19.9 Å². The summed E-state index contributed by atoms with van der Waals surface area (Å²) < 4.78 is 27.4. The first-order valence-electron chi connectivity index (χ1n) is 14.8. The number of nitrogens with zero attached hydrogens (tertiary/aromatic N) is 3. The average molecular weight is 688 g/mol. The summed E-state index contributed by atoms with van der Waals surface area (Å²) in [5.74, 6) is -1.63. The Hall–Kier alpha value is -4.42. The second kappa shape index (κ2) is 14.6. The van der Waals surface area contributed by atoms with Gasteiger partial charge in [0.2, 0.25) is 5.91 Å². The van der Waals surface area contributed by atoms with Crippen molar-refractivity contribution in [3.8, 4) is 22.7 Å². The van der Waals surface area contributed by atoms with Gasteiger partial charge in [-0.1, -0.05) is 31.5 Å². The summed E-state index contributed by atoms with van der Waals surface area (Å²) in [5.41, 5.74) is 0.552. The normalized spacial score (nSPS) is 11.5. The standard InChI is InChI=1S/C33H37Cl2FN6O5/c1-17(2)25-29(18(3)11-12-37-25)42-30-19(15-20(35)27(41-30)24-21(36)9-8-10-22(24)46-7)26(28(31(42)44)40-23(43)16-34)38-13-14-39-32(45)47-33(4,5)6/h8-12,15,17,38H,13-14,16H2,1-7H3,(H,39,45)(H,40,43). The van der Waals surface area contributed by atoms with E-state index in [1.165, 1.54) is 29.9 Å². The number of alkyl carbamates (subject to hydrolysis) is 1. The number of alkyl halides is 1. The van der Waals surface area contributed by atoms with E-state index in [1.807, 2.05) is 20.8 Å². The second-order valence-corrected chi connectivity index (χ2v) is 12.6. The molecule has 3 heterocycles. The fourth-order valence-electron chi connectivity index (χ4n) is 4.99. The molecule has 0 spiro atoms. The summed E-state index contributed by atoms with van der Waals surface area (Å²) in [6.07, 6.45) is 1.02. The van der Waals surface area contributed by atoms with Crippen molar-refractivity contribution >= 4 is 57.6 Å². The Morgan fingerprint density at radius 1 is 1.13 bits per heavy atom. The van der Waals surface area contributed by atoms with Crippen LogP contribution in [0.25, 0.3) is 28.0 Å². The van der Waals surface area contributed by atoms with Gasteiger partial charge in [0.1, 0.15) is 34.4 Å². The lowest BCUT2D eigenvalue weighted by molar-refractivity contribution is -0.113. The number of amides is 2. The third-order valence-corrected chi connectivity index (χ3v) is 7.47. The Morgan fingerprint density at radius 2 is 1.85 bits per heavy atom. The molecular formula is C33H37Cl2FN6O5. The molecule has 0 bridgehead atoms. The van der Waals surface area contributed by atoms with Crippen LogP contribution in [0, 0.1) is 12.7 Å². The number of carbonyl (C=O) groups is 2. The first kappa shape index (κ1) is 35.4. The number of methoxy groups -OCH3 is 1. The first-order valence-corrected chi connectivity index (χ1v) is 15.7. The molecule has 0 saturated heterocycles. The van der Waals surface area contributed by atoms with Crippen molar-refractivity contribution < 1.29 is 23.5 Å². The number of benzene rings is 1. The molecular weight excluding hydrogens is 650 g/mol. The molecule has 0 fully saturated rings. The Labute approximate surface area is 281 Å². The van der Waals surface area contributed by atoms with Crippen LogP contribution in [0.2, 0.25) is 5.02 Å². The smallest absolute Gasteiger partial charge is 0.407 e. The van der Waals surface area contributed by atoms with Gasteiger partial charge in [0.05, 0.1) is 40.5 Å². The van der Waals surface area contributed by atoms with E-state index in [1.54, 1.807) is 39.1 Å². The summed E-state index contributed by atoms with van der Waals surface area (Å²) in [6, 6.07) is 7.61. The maximum absolute atomic E-state index is 15.4. The minimum absolute atomic E-state index is 0.00322. The molecule has 0 aliphatic heterocycles. The monoisotopic (exact) mass is 686 g/mol. The van der Waals surface area contributed by atoms with E-state index < -0.39 is 34.9 Å². The van der Waals surface area contributed by atoms with Gasteiger partial charge in [-0.3, -0.25) is 19.1 Å². The van der Waals surface area contributed by atoms with Crippen molar-refractivity contribution in [3.63, 3.8) is 0 Å². The third-order valence-electron chi connectivity index (χ3n) is 6.94. The molecule has 0 radical (unpaired) electrons. The molecule has 0 aliphatic carbocycles. The van der Waals surface area contributed by atoms with Crippen LogP contribution < -0.4 is 26.2 Å². The molecule has 3 N–H and O–H groups in total. The quantitative estimate of drug-likeness (QED) is 0.122. The minimum Gasteiger partial charge on any atom is -0.496 e. The van der Waals surface area contributed by atoms with Gasteiger partial charge in [0.25, 0.3) is 5.56 Å². The molecule has 11 nitrogen and oxygen atoms in total. The Morgan fingerprint density at radius 3 is 2.49 bits per heavy atom. The van der Waals surface area contributed by atoms with E-state index in [4.69, 9.17) is 37.7 Å². The fraction of sp³-hybridized carbons (Fsp3) is 0.364. The van der Waals surface area contributed by atoms with Crippen molar-refractivity contribution in [2.75, 3.05) is 36.7 Å². The zero-order valence-corrected chi connectivity index (χ0v) is 28.7. The molecule has 250 valence electrons. The molecule has 0 aliphatic rings. The average Bonchev–Trinajstić information content (AvgIpc) is 3.00. The molecule has 0 unspecified atom stereocenters. The van der Waals surface area contributed by atoms with Crippen LogP contribution >= 0.6 is 23.2 Å². The maximum atomic E-state index is 15.4. The fourth-order valence-corrected chi connectivity index (χ4v) is 5.31. The van der Waals surface area contributed by atoms with Gasteiger partial charge in [0.15, 0.2) is 0 Å². The lowest BCUT2D eigenvalue weighted by Gasteiger charge is -2.23. The highest BCUT2D eigenvalue weighted by molar-refractivity contribution is 6.34. The summed E-state index contributed by atoms with van der Waals surface area (Å²) in [6.45, 7) is 11.1. The molecule has 47 heavy (non-hydrogen) atoms. The van der Waals surface area contributed by atoms with Gasteiger partial charge in [-0.15, -0.1) is 11.6 Å². The highest BCUT2D eigenvalue weighted by atomic mass is 35.5. The van der Waals surface area contributed by atoms with Crippen LogP contribution in [0.3, 0.4) is 0 Å². The number of nitrogens with one attached hydrogen (secondary N) is 3. The Kier molecular flexibility index (Phi) is 11.0. The number of aromatic nitrogens is 3. The molecule has 4 aromatic rings. The van der Waals surface area contributed by atoms with Gasteiger partial charge >= 0.3 is 6.09 Å². The van der Waals surface area contributed by atoms with E-state index >= 15 is 4.39 Å². The van der Waals surface area contributed by atoms with Crippen molar-refractivity contribution in [2.45, 2.75) is 53.1 Å². The first-order chi connectivity index (χ1) is 22.2. The zero-order chi connectivity index (χ0) is 34.6. The Balaban J connectivity index is 2.05. The largest absolute Gasteiger partial charge is 0.496 e. The molecule has 4 rings (SSSR count). The summed E-state index contributed by atoms with van der Waals surface area (Å²) in [5, 5.41) is 8.77. The lowest BCUT2D eigenvalue weighted by atomic mass is 10.0. The van der Waals surface area contributed by atoms with E-state index in [2.05, 4.69) is 20.9 Å². The number of ether oxygens (including phenoxy) is 2. The molecule has 0 atom stereocenters. The van der Waals surface area contributed by atoms with Crippen LogP contribution in [0.1, 0.15) is 51.8 Å². The van der Waals surface area contributed by atoms with Crippen LogP contribution in [0.4, 0.5) is 20.6 Å². The van der Waals surface area contributed by atoms with Gasteiger partial charge in [-0.05, 0) is 63.4 Å². The lowest BCUT2D eigenvalue weighted by Crippen LogP contribution is -2.35. The minimum atomic E-state index is -0.697. The molecule has 0 saturated carbocycles. The predicted octanol–water partition coefficient (Wildman–Crippen LogP) is 6.79. The second-order valence-electron chi connectivity index (χ2n) is 12.0. The van der Waals surface area contributed by atoms with Gasteiger partial charge in [-0.2, -0.15) is 0 Å². The van der Waals surface area contributed by atoms with E-state index in [-0.39, 0.29) is 58.1 Å². The maximum Gasteiger partial charge on any atom is 0.407 e. The topological polar surface area (TPSA) is 136 Å². The van der Waals surface area contributed by atoms with Gasteiger partial charge in [0, 0.05) is 24.7 Å². The molecule has 3 aromatic heterocycles. The number of carbonyl (C=O) groups excluding carboxylic acids is 2. The zero-order valence-electron chi connectivity index (χ0n) is 27.2.